The second-order valence-electron chi connectivity index (χ2n) is 6.77. The third-order valence-corrected chi connectivity index (χ3v) is 5.19. The number of halogens is 1. The van der Waals surface area contributed by atoms with E-state index in [0.717, 1.165) is 5.52 Å². The molecule has 1 N–H and O–H groups in total. The van der Waals surface area contributed by atoms with Gasteiger partial charge in [-0.15, -0.1) is 0 Å². The van der Waals surface area contributed by atoms with E-state index < -0.39 is 11.7 Å². The van der Waals surface area contributed by atoms with Crippen LogP contribution in [0.15, 0.2) is 72.9 Å². The van der Waals surface area contributed by atoms with E-state index in [0.29, 0.717) is 33.3 Å². The first kappa shape index (κ1) is 20.5. The fourth-order valence-electron chi connectivity index (χ4n) is 3.41. The number of fused-ring (bicyclic) bond motifs is 1. The molecule has 0 unspecified atom stereocenters. The van der Waals surface area contributed by atoms with Crippen molar-refractivity contribution in [1.29, 1.82) is 0 Å². The molecule has 31 heavy (non-hydrogen) atoms. The van der Waals surface area contributed by atoms with Crippen molar-refractivity contribution in [2.24, 2.45) is 0 Å². The standard InChI is InChI=1S/C24H19ClN2O4/c1-30-18-8-5-6-16(13-18)26-24(29)23(28)22-19(14-17-7-3-4-11-27(17)22)15-9-10-21(31-2)20(25)12-15/h3-14H,1-2H3,(H,26,29). The number of amides is 1. The summed E-state index contributed by atoms with van der Waals surface area (Å²) in [5, 5.41) is 3.06. The molecule has 0 saturated heterocycles. The minimum Gasteiger partial charge on any atom is -0.497 e. The number of ketones is 1. The number of nitrogens with one attached hydrogen (secondary N) is 1. The molecule has 0 atom stereocenters. The molecule has 2 heterocycles. The van der Waals surface area contributed by atoms with E-state index >= 15 is 0 Å². The zero-order valence-electron chi connectivity index (χ0n) is 16.9. The maximum atomic E-state index is 13.3. The number of benzene rings is 2. The van der Waals surface area contributed by atoms with Crippen molar-refractivity contribution in [3.63, 3.8) is 0 Å². The van der Waals surface area contributed by atoms with Gasteiger partial charge in [0.05, 0.1) is 19.2 Å². The summed E-state index contributed by atoms with van der Waals surface area (Å²) in [4.78, 5) is 26.1. The fraction of sp³-hybridized carbons (Fsp3) is 0.0833. The van der Waals surface area contributed by atoms with Crippen LogP contribution in [0.4, 0.5) is 5.69 Å². The van der Waals surface area contributed by atoms with Gasteiger partial charge in [0.15, 0.2) is 0 Å². The van der Waals surface area contributed by atoms with Crippen LogP contribution >= 0.6 is 11.6 Å². The summed E-state index contributed by atoms with van der Waals surface area (Å²) in [6.07, 6.45) is 1.75. The number of aromatic nitrogens is 1. The lowest BCUT2D eigenvalue weighted by molar-refractivity contribution is -0.112. The van der Waals surface area contributed by atoms with E-state index in [2.05, 4.69) is 5.32 Å². The van der Waals surface area contributed by atoms with Gasteiger partial charge in [0.25, 0.3) is 11.7 Å². The van der Waals surface area contributed by atoms with Crippen molar-refractivity contribution < 1.29 is 19.1 Å². The number of nitrogens with zero attached hydrogens (tertiary/aromatic N) is 1. The highest BCUT2D eigenvalue weighted by Gasteiger charge is 2.25. The minimum atomic E-state index is -0.752. The number of pyridine rings is 1. The molecule has 1 amide bonds. The van der Waals surface area contributed by atoms with Crippen molar-refractivity contribution in [3.05, 3.63) is 83.6 Å². The van der Waals surface area contributed by atoms with Crippen LogP contribution in [0.3, 0.4) is 0 Å². The Balaban J connectivity index is 1.77. The SMILES string of the molecule is COc1cccc(NC(=O)C(=O)c2c(-c3ccc(OC)c(Cl)c3)cc3ccccn23)c1. The largest absolute Gasteiger partial charge is 0.497 e. The first-order chi connectivity index (χ1) is 15.0. The lowest BCUT2D eigenvalue weighted by atomic mass is 10.0. The fourth-order valence-corrected chi connectivity index (χ4v) is 3.66. The summed E-state index contributed by atoms with van der Waals surface area (Å²) in [7, 11) is 3.07. The van der Waals surface area contributed by atoms with Crippen molar-refractivity contribution in [3.8, 4) is 22.6 Å². The number of methoxy groups -OCH3 is 2. The number of ether oxygens (including phenoxy) is 2. The van der Waals surface area contributed by atoms with Gasteiger partial charge < -0.3 is 19.2 Å². The number of carbonyl (C=O) groups excluding carboxylic acids is 2. The number of anilines is 1. The first-order valence-electron chi connectivity index (χ1n) is 9.45. The van der Waals surface area contributed by atoms with Crippen molar-refractivity contribution in [2.75, 3.05) is 19.5 Å². The van der Waals surface area contributed by atoms with Gasteiger partial charge in [0, 0.05) is 29.0 Å². The Labute approximate surface area is 184 Å². The van der Waals surface area contributed by atoms with E-state index in [1.165, 1.54) is 14.2 Å². The molecule has 0 bridgehead atoms. The molecule has 2 aromatic heterocycles. The number of hydrogen-bond donors (Lipinski definition) is 1. The van der Waals surface area contributed by atoms with Crippen LogP contribution in [0.1, 0.15) is 10.5 Å². The van der Waals surface area contributed by atoms with Crippen molar-refractivity contribution >= 4 is 34.5 Å². The minimum absolute atomic E-state index is 0.247. The topological polar surface area (TPSA) is 69.0 Å². The molecule has 0 fully saturated rings. The summed E-state index contributed by atoms with van der Waals surface area (Å²) in [5.74, 6) is -0.321. The molecule has 7 heteroatoms. The molecule has 2 aromatic carbocycles. The summed E-state index contributed by atoms with van der Waals surface area (Å²) in [6.45, 7) is 0. The molecule has 0 saturated carbocycles. The molecule has 4 rings (SSSR count). The zero-order valence-corrected chi connectivity index (χ0v) is 17.6. The van der Waals surface area contributed by atoms with Gasteiger partial charge >= 0.3 is 0 Å². The summed E-state index contributed by atoms with van der Waals surface area (Å²) in [6, 6.07) is 19.4. The molecule has 0 aliphatic rings. The Bertz CT molecular complexity index is 1300. The summed E-state index contributed by atoms with van der Waals surface area (Å²) >= 11 is 6.30. The molecule has 0 spiro atoms. The van der Waals surface area contributed by atoms with Crippen LogP contribution in [0.25, 0.3) is 16.6 Å². The second-order valence-corrected chi connectivity index (χ2v) is 7.17. The Hall–Kier alpha value is -3.77. The highest BCUT2D eigenvalue weighted by Crippen LogP contribution is 2.34. The molecule has 4 aromatic rings. The van der Waals surface area contributed by atoms with Crippen molar-refractivity contribution in [2.45, 2.75) is 0 Å². The number of hydrogen-bond acceptors (Lipinski definition) is 4. The number of rotatable bonds is 6. The van der Waals surface area contributed by atoms with E-state index in [4.69, 9.17) is 21.1 Å². The van der Waals surface area contributed by atoms with E-state index in [1.54, 1.807) is 59.1 Å². The highest BCUT2D eigenvalue weighted by atomic mass is 35.5. The third-order valence-electron chi connectivity index (χ3n) is 4.89. The smallest absolute Gasteiger partial charge is 0.298 e. The summed E-state index contributed by atoms with van der Waals surface area (Å²) < 4.78 is 12.1. The monoisotopic (exact) mass is 434 g/mol. The van der Waals surface area contributed by atoms with Crippen LogP contribution in [-0.2, 0) is 4.79 Å². The van der Waals surface area contributed by atoms with Crippen LogP contribution in [0.2, 0.25) is 5.02 Å². The average Bonchev–Trinajstić information content (AvgIpc) is 3.18. The summed E-state index contributed by atoms with van der Waals surface area (Å²) in [5.41, 5.74) is 2.79. The van der Waals surface area contributed by atoms with E-state index in [-0.39, 0.29) is 5.69 Å². The maximum Gasteiger partial charge on any atom is 0.298 e. The third kappa shape index (κ3) is 3.98. The zero-order chi connectivity index (χ0) is 22.0. The molecule has 0 radical (unpaired) electrons. The lowest BCUT2D eigenvalue weighted by Gasteiger charge is -2.10. The quantitative estimate of drug-likeness (QED) is 0.338. The Morgan fingerprint density at radius 3 is 2.52 bits per heavy atom. The van der Waals surface area contributed by atoms with E-state index in [9.17, 15) is 9.59 Å². The van der Waals surface area contributed by atoms with Gasteiger partial charge in [0.1, 0.15) is 17.2 Å². The van der Waals surface area contributed by atoms with Gasteiger partial charge in [0.2, 0.25) is 0 Å². The van der Waals surface area contributed by atoms with Crippen LogP contribution < -0.4 is 14.8 Å². The van der Waals surface area contributed by atoms with Gasteiger partial charge in [-0.2, -0.15) is 0 Å². The lowest BCUT2D eigenvalue weighted by Crippen LogP contribution is -2.24. The van der Waals surface area contributed by atoms with Gasteiger partial charge in [-0.05, 0) is 48.0 Å². The molecule has 156 valence electrons. The normalized spacial score (nSPS) is 10.7. The maximum absolute atomic E-state index is 13.3. The highest BCUT2D eigenvalue weighted by molar-refractivity contribution is 6.47. The second kappa shape index (κ2) is 8.53. The average molecular weight is 435 g/mol. The van der Waals surface area contributed by atoms with Gasteiger partial charge in [-0.25, -0.2) is 0 Å². The predicted octanol–water partition coefficient (Wildman–Crippen LogP) is 5.10. The Morgan fingerprint density at radius 1 is 0.935 bits per heavy atom. The molecule has 0 aliphatic heterocycles. The molecular formula is C24H19ClN2O4. The Morgan fingerprint density at radius 2 is 1.77 bits per heavy atom. The van der Waals surface area contributed by atoms with Gasteiger partial charge in [-0.1, -0.05) is 29.8 Å². The van der Waals surface area contributed by atoms with Crippen LogP contribution in [0, 0.1) is 0 Å². The van der Waals surface area contributed by atoms with Crippen LogP contribution in [-0.4, -0.2) is 30.3 Å². The van der Waals surface area contributed by atoms with Crippen molar-refractivity contribution in [1.82, 2.24) is 4.40 Å². The number of carbonyl (C=O) groups is 2. The van der Waals surface area contributed by atoms with E-state index in [1.807, 2.05) is 18.2 Å². The number of Topliss-reactive ketones (excluding diaryl/α,β-unsaturated/α-hetero) is 1. The van der Waals surface area contributed by atoms with Crippen LogP contribution in [0.5, 0.6) is 11.5 Å². The molecule has 6 nitrogen and oxygen atoms in total. The van der Waals surface area contributed by atoms with Gasteiger partial charge in [-0.3, -0.25) is 9.59 Å². The molecular weight excluding hydrogens is 416 g/mol. The molecule has 0 aliphatic carbocycles. The Kier molecular flexibility index (Phi) is 5.64. The first-order valence-corrected chi connectivity index (χ1v) is 9.83. The predicted molar refractivity (Wildman–Crippen MR) is 120 cm³/mol.